The molecule has 0 fully saturated rings. The summed E-state index contributed by atoms with van der Waals surface area (Å²) in [5.41, 5.74) is 0. The molecule has 0 aliphatic rings. The van der Waals surface area contributed by atoms with Crippen molar-refractivity contribution in [2.45, 2.75) is 13.8 Å². The number of carbonyl (C=O) groups excluding carboxylic acids is 1. The van der Waals surface area contributed by atoms with Gasteiger partial charge in [-0.1, -0.05) is 13.8 Å². The SMILES string of the molecule is CC(C)CN(C)C(=O)OI. The molecular weight excluding hydrogens is 245 g/mol. The van der Waals surface area contributed by atoms with Crippen molar-refractivity contribution in [3.8, 4) is 0 Å². The lowest BCUT2D eigenvalue weighted by Crippen LogP contribution is -2.28. The second kappa shape index (κ2) is 4.76. The summed E-state index contributed by atoms with van der Waals surface area (Å²) in [6.07, 6.45) is -0.283. The van der Waals surface area contributed by atoms with Crippen LogP contribution in [-0.4, -0.2) is 24.6 Å². The highest BCUT2D eigenvalue weighted by molar-refractivity contribution is 14.1. The van der Waals surface area contributed by atoms with Crippen LogP contribution in [0.3, 0.4) is 0 Å². The van der Waals surface area contributed by atoms with Crippen LogP contribution in [0.1, 0.15) is 13.8 Å². The van der Waals surface area contributed by atoms with Gasteiger partial charge in [0.2, 0.25) is 0 Å². The van der Waals surface area contributed by atoms with Gasteiger partial charge < -0.3 is 7.97 Å². The fourth-order valence-electron chi connectivity index (χ4n) is 0.681. The molecule has 0 saturated heterocycles. The molecule has 0 aliphatic heterocycles. The van der Waals surface area contributed by atoms with E-state index in [2.05, 4.69) is 16.9 Å². The summed E-state index contributed by atoms with van der Waals surface area (Å²) >= 11 is 1.58. The van der Waals surface area contributed by atoms with Gasteiger partial charge in [-0.15, -0.1) is 0 Å². The maximum Gasteiger partial charge on any atom is 0.419 e. The Kier molecular flexibility index (Phi) is 4.76. The van der Waals surface area contributed by atoms with E-state index in [-0.39, 0.29) is 6.09 Å². The van der Waals surface area contributed by atoms with E-state index >= 15 is 0 Å². The van der Waals surface area contributed by atoms with Gasteiger partial charge in [0.15, 0.2) is 23.0 Å². The zero-order chi connectivity index (χ0) is 8.15. The topological polar surface area (TPSA) is 29.5 Å². The Morgan fingerprint density at radius 2 is 2.20 bits per heavy atom. The molecule has 0 N–H and O–H groups in total. The standard InChI is InChI=1S/C6H12INO2/c1-5(2)4-8(3)6(9)10-7/h5H,4H2,1-3H3. The molecule has 1 amide bonds. The van der Waals surface area contributed by atoms with Crippen LogP contribution >= 0.6 is 23.0 Å². The van der Waals surface area contributed by atoms with Crippen LogP contribution < -0.4 is 0 Å². The molecule has 0 radical (unpaired) electrons. The van der Waals surface area contributed by atoms with Crippen molar-refractivity contribution in [3.63, 3.8) is 0 Å². The molecule has 0 heterocycles. The lowest BCUT2D eigenvalue weighted by atomic mass is 10.2. The van der Waals surface area contributed by atoms with Crippen LogP contribution in [0.5, 0.6) is 0 Å². The van der Waals surface area contributed by atoms with Crippen LogP contribution in [0.2, 0.25) is 0 Å². The maximum atomic E-state index is 10.7. The summed E-state index contributed by atoms with van der Waals surface area (Å²) in [5.74, 6) is 0.487. The lowest BCUT2D eigenvalue weighted by molar-refractivity contribution is 0.173. The van der Waals surface area contributed by atoms with Crippen molar-refractivity contribution in [1.29, 1.82) is 0 Å². The van der Waals surface area contributed by atoms with Crippen molar-refractivity contribution in [2.75, 3.05) is 13.6 Å². The fourth-order valence-corrected chi connectivity index (χ4v) is 1.02. The minimum absolute atomic E-state index is 0.283. The number of amides is 1. The smallest absolute Gasteiger partial charge is 0.378 e. The monoisotopic (exact) mass is 257 g/mol. The van der Waals surface area contributed by atoms with Gasteiger partial charge in [0.05, 0.1) is 0 Å². The van der Waals surface area contributed by atoms with Crippen LogP contribution in [0.4, 0.5) is 4.79 Å². The second-order valence-electron chi connectivity index (χ2n) is 2.62. The van der Waals surface area contributed by atoms with Gasteiger partial charge >= 0.3 is 6.09 Å². The van der Waals surface area contributed by atoms with Crippen molar-refractivity contribution >= 4 is 29.1 Å². The Balaban J connectivity index is 3.61. The predicted molar refractivity (Wildman–Crippen MR) is 48.0 cm³/mol. The molecule has 0 aromatic carbocycles. The van der Waals surface area contributed by atoms with Crippen molar-refractivity contribution < 1.29 is 7.86 Å². The van der Waals surface area contributed by atoms with Crippen molar-refractivity contribution in [1.82, 2.24) is 4.90 Å². The highest BCUT2D eigenvalue weighted by Gasteiger charge is 2.09. The van der Waals surface area contributed by atoms with Gasteiger partial charge in [-0.25, -0.2) is 4.79 Å². The van der Waals surface area contributed by atoms with E-state index in [9.17, 15) is 4.79 Å². The first-order chi connectivity index (χ1) is 4.57. The second-order valence-corrected chi connectivity index (χ2v) is 3.06. The lowest BCUT2D eigenvalue weighted by Gasteiger charge is -2.16. The molecule has 0 rings (SSSR count). The zero-order valence-electron chi connectivity index (χ0n) is 6.43. The molecule has 0 saturated carbocycles. The first kappa shape index (κ1) is 10.0. The van der Waals surface area contributed by atoms with Crippen molar-refractivity contribution in [2.24, 2.45) is 5.92 Å². The van der Waals surface area contributed by atoms with E-state index in [1.165, 1.54) is 0 Å². The normalized spacial score (nSPS) is 9.70. The van der Waals surface area contributed by atoms with Crippen molar-refractivity contribution in [3.05, 3.63) is 0 Å². The third kappa shape index (κ3) is 3.92. The number of hydrogen-bond acceptors (Lipinski definition) is 2. The van der Waals surface area contributed by atoms with Gasteiger partial charge in [0, 0.05) is 13.6 Å². The van der Waals surface area contributed by atoms with Crippen LogP contribution in [0.15, 0.2) is 0 Å². The minimum Gasteiger partial charge on any atom is -0.378 e. The van der Waals surface area contributed by atoms with Crippen LogP contribution in [0.25, 0.3) is 0 Å². The molecule has 10 heavy (non-hydrogen) atoms. The van der Waals surface area contributed by atoms with Gasteiger partial charge in [-0.3, -0.25) is 0 Å². The summed E-state index contributed by atoms with van der Waals surface area (Å²) in [6, 6.07) is 0. The summed E-state index contributed by atoms with van der Waals surface area (Å²) in [4.78, 5) is 12.3. The highest BCUT2D eigenvalue weighted by Crippen LogP contribution is 2.00. The van der Waals surface area contributed by atoms with Gasteiger partial charge in [-0.05, 0) is 5.92 Å². The first-order valence-electron chi connectivity index (χ1n) is 3.11. The molecule has 0 spiro atoms. The van der Waals surface area contributed by atoms with E-state index in [1.54, 1.807) is 35.0 Å². The first-order valence-corrected chi connectivity index (χ1v) is 3.99. The van der Waals surface area contributed by atoms with E-state index < -0.39 is 0 Å². The Morgan fingerprint density at radius 3 is 2.50 bits per heavy atom. The minimum atomic E-state index is -0.283. The Labute approximate surface area is 75.4 Å². The summed E-state index contributed by atoms with van der Waals surface area (Å²) in [6.45, 7) is 4.84. The average Bonchev–Trinajstić information content (AvgIpc) is 1.85. The molecule has 0 aromatic rings. The Bertz CT molecular complexity index is 116. The third-order valence-corrected chi connectivity index (χ3v) is 1.39. The van der Waals surface area contributed by atoms with E-state index in [4.69, 9.17) is 0 Å². The summed E-state index contributed by atoms with van der Waals surface area (Å²) in [5, 5.41) is 0. The Hall–Kier alpha value is 0. The summed E-state index contributed by atoms with van der Waals surface area (Å²) in [7, 11) is 1.72. The van der Waals surface area contributed by atoms with Gasteiger partial charge in [0.1, 0.15) is 0 Å². The molecule has 4 heteroatoms. The molecule has 0 bridgehead atoms. The van der Waals surface area contributed by atoms with Gasteiger partial charge in [0.25, 0.3) is 0 Å². The molecule has 0 aliphatic carbocycles. The molecule has 0 unspecified atom stereocenters. The number of carbonyl (C=O) groups is 1. The number of hydrogen-bond donors (Lipinski definition) is 0. The van der Waals surface area contributed by atoms with E-state index in [0.717, 1.165) is 6.54 Å². The van der Waals surface area contributed by atoms with Crippen LogP contribution in [-0.2, 0) is 3.07 Å². The van der Waals surface area contributed by atoms with Crippen LogP contribution in [0, 0.1) is 5.92 Å². The number of halogens is 1. The molecule has 60 valence electrons. The predicted octanol–water partition coefficient (Wildman–Crippen LogP) is 2.06. The summed E-state index contributed by atoms with van der Waals surface area (Å²) < 4.78 is 4.47. The van der Waals surface area contributed by atoms with E-state index in [0.29, 0.717) is 5.92 Å². The molecular formula is C6H12INO2. The van der Waals surface area contributed by atoms with E-state index in [1.807, 2.05) is 0 Å². The largest absolute Gasteiger partial charge is 0.419 e. The third-order valence-electron chi connectivity index (χ3n) is 1.02. The molecule has 3 nitrogen and oxygen atoms in total. The quantitative estimate of drug-likeness (QED) is 0.708. The molecule has 0 aromatic heterocycles. The average molecular weight is 257 g/mol. The fraction of sp³-hybridized carbons (Fsp3) is 0.833. The maximum absolute atomic E-state index is 10.7. The highest BCUT2D eigenvalue weighted by atomic mass is 127. The molecule has 0 atom stereocenters. The zero-order valence-corrected chi connectivity index (χ0v) is 8.58. The Morgan fingerprint density at radius 1 is 1.70 bits per heavy atom. The number of rotatable bonds is 2. The number of nitrogens with zero attached hydrogens (tertiary/aromatic N) is 1. The van der Waals surface area contributed by atoms with Gasteiger partial charge in [-0.2, -0.15) is 0 Å².